The molecule has 114 valence electrons. The Hall–Kier alpha value is -1.02. The van der Waals surface area contributed by atoms with Crippen LogP contribution in [0.15, 0.2) is 6.07 Å². The van der Waals surface area contributed by atoms with Gasteiger partial charge in [-0.05, 0) is 88.1 Å². The molecule has 1 aromatic rings. The standard InChI is InChI=1S/C18H31NO/c1-7-16(10-9-13(4)19)18-12(3)11-17(20-8-2)14(5)15(18)6/h11,13,16H,7-10,19H2,1-6H3. The van der Waals surface area contributed by atoms with E-state index in [4.69, 9.17) is 10.5 Å². The Balaban J connectivity index is 3.12. The molecule has 0 saturated heterocycles. The molecule has 2 N–H and O–H groups in total. The number of ether oxygens (including phenoxy) is 1. The predicted molar refractivity (Wildman–Crippen MR) is 87.7 cm³/mol. The van der Waals surface area contributed by atoms with E-state index < -0.39 is 0 Å². The van der Waals surface area contributed by atoms with E-state index >= 15 is 0 Å². The van der Waals surface area contributed by atoms with Crippen molar-refractivity contribution in [2.45, 2.75) is 72.8 Å². The molecule has 0 aliphatic carbocycles. The molecular weight excluding hydrogens is 246 g/mol. The highest BCUT2D eigenvalue weighted by Gasteiger charge is 2.18. The summed E-state index contributed by atoms with van der Waals surface area (Å²) >= 11 is 0. The van der Waals surface area contributed by atoms with Crippen LogP contribution >= 0.6 is 0 Å². The molecule has 0 aliphatic rings. The SMILES string of the molecule is CCOc1cc(C)c(C(CC)CCC(C)N)c(C)c1C. The Morgan fingerprint density at radius 3 is 2.25 bits per heavy atom. The fourth-order valence-corrected chi connectivity index (χ4v) is 3.02. The van der Waals surface area contributed by atoms with Crippen LogP contribution in [0.4, 0.5) is 0 Å². The molecule has 0 bridgehead atoms. The fraction of sp³-hybridized carbons (Fsp3) is 0.667. The lowest BCUT2D eigenvalue weighted by molar-refractivity contribution is 0.337. The maximum atomic E-state index is 5.92. The van der Waals surface area contributed by atoms with Gasteiger partial charge in [-0.1, -0.05) is 6.92 Å². The molecule has 0 saturated carbocycles. The molecule has 2 atom stereocenters. The highest BCUT2D eigenvalue weighted by atomic mass is 16.5. The average Bonchev–Trinajstić information content (AvgIpc) is 2.39. The quantitative estimate of drug-likeness (QED) is 0.788. The van der Waals surface area contributed by atoms with Gasteiger partial charge >= 0.3 is 0 Å². The monoisotopic (exact) mass is 277 g/mol. The summed E-state index contributed by atoms with van der Waals surface area (Å²) in [6.45, 7) is 13.7. The van der Waals surface area contributed by atoms with Crippen LogP contribution in [0.2, 0.25) is 0 Å². The van der Waals surface area contributed by atoms with Crippen molar-refractivity contribution in [2.24, 2.45) is 5.73 Å². The maximum absolute atomic E-state index is 5.92. The molecule has 0 spiro atoms. The van der Waals surface area contributed by atoms with Gasteiger partial charge in [-0.15, -0.1) is 0 Å². The summed E-state index contributed by atoms with van der Waals surface area (Å²) in [7, 11) is 0. The summed E-state index contributed by atoms with van der Waals surface area (Å²) in [4.78, 5) is 0. The summed E-state index contributed by atoms with van der Waals surface area (Å²) in [6.07, 6.45) is 3.43. The van der Waals surface area contributed by atoms with Crippen molar-refractivity contribution >= 4 is 0 Å². The van der Waals surface area contributed by atoms with Crippen LogP contribution in [0, 0.1) is 20.8 Å². The second kappa shape index (κ2) is 7.68. The van der Waals surface area contributed by atoms with Crippen molar-refractivity contribution in [1.82, 2.24) is 0 Å². The van der Waals surface area contributed by atoms with E-state index in [1.54, 1.807) is 0 Å². The van der Waals surface area contributed by atoms with Crippen molar-refractivity contribution in [3.63, 3.8) is 0 Å². The first-order valence-corrected chi connectivity index (χ1v) is 7.91. The third kappa shape index (κ3) is 3.99. The van der Waals surface area contributed by atoms with E-state index in [9.17, 15) is 0 Å². The van der Waals surface area contributed by atoms with Gasteiger partial charge in [-0.2, -0.15) is 0 Å². The van der Waals surface area contributed by atoms with Crippen molar-refractivity contribution in [3.8, 4) is 5.75 Å². The number of aryl methyl sites for hydroxylation is 1. The number of hydrogen-bond donors (Lipinski definition) is 1. The summed E-state index contributed by atoms with van der Waals surface area (Å²) in [6, 6.07) is 2.49. The van der Waals surface area contributed by atoms with E-state index in [-0.39, 0.29) is 6.04 Å². The molecule has 2 nitrogen and oxygen atoms in total. The van der Waals surface area contributed by atoms with Gasteiger partial charge in [0.05, 0.1) is 6.61 Å². The van der Waals surface area contributed by atoms with E-state index in [2.05, 4.69) is 40.7 Å². The van der Waals surface area contributed by atoms with Gasteiger partial charge < -0.3 is 10.5 Å². The number of nitrogens with two attached hydrogens (primary N) is 1. The average molecular weight is 277 g/mol. The van der Waals surface area contributed by atoms with Crippen molar-refractivity contribution < 1.29 is 4.74 Å². The second-order valence-electron chi connectivity index (χ2n) is 5.95. The minimum absolute atomic E-state index is 0.286. The van der Waals surface area contributed by atoms with E-state index in [1.807, 2.05) is 6.92 Å². The molecule has 0 fully saturated rings. The van der Waals surface area contributed by atoms with Crippen LogP contribution < -0.4 is 10.5 Å². The Labute approximate surface area is 124 Å². The minimum atomic E-state index is 0.286. The third-order valence-electron chi connectivity index (χ3n) is 4.28. The minimum Gasteiger partial charge on any atom is -0.494 e. The first-order valence-electron chi connectivity index (χ1n) is 7.91. The van der Waals surface area contributed by atoms with Gasteiger partial charge in [0.25, 0.3) is 0 Å². The molecule has 2 heteroatoms. The highest BCUT2D eigenvalue weighted by Crippen LogP contribution is 2.36. The van der Waals surface area contributed by atoms with Crippen molar-refractivity contribution in [3.05, 3.63) is 28.3 Å². The van der Waals surface area contributed by atoms with Crippen LogP contribution in [0.5, 0.6) is 5.75 Å². The summed E-state index contributed by atoms with van der Waals surface area (Å²) < 4.78 is 5.74. The van der Waals surface area contributed by atoms with Crippen LogP contribution in [0.3, 0.4) is 0 Å². The van der Waals surface area contributed by atoms with Crippen LogP contribution in [-0.2, 0) is 0 Å². The third-order valence-corrected chi connectivity index (χ3v) is 4.28. The number of hydrogen-bond acceptors (Lipinski definition) is 2. The Morgan fingerprint density at radius 1 is 1.10 bits per heavy atom. The number of benzene rings is 1. The molecule has 20 heavy (non-hydrogen) atoms. The molecule has 0 aliphatic heterocycles. The molecule has 0 amide bonds. The Bertz CT molecular complexity index is 438. The zero-order valence-electron chi connectivity index (χ0n) is 14.0. The molecule has 2 unspecified atom stereocenters. The van der Waals surface area contributed by atoms with Gasteiger partial charge in [0.2, 0.25) is 0 Å². The van der Waals surface area contributed by atoms with Crippen LogP contribution in [0.1, 0.15) is 68.2 Å². The Kier molecular flexibility index (Phi) is 6.54. The van der Waals surface area contributed by atoms with Crippen molar-refractivity contribution in [1.29, 1.82) is 0 Å². The van der Waals surface area contributed by atoms with Gasteiger partial charge in [-0.3, -0.25) is 0 Å². The van der Waals surface area contributed by atoms with Gasteiger partial charge in [0.1, 0.15) is 5.75 Å². The smallest absolute Gasteiger partial charge is 0.122 e. The van der Waals surface area contributed by atoms with E-state index in [0.717, 1.165) is 18.8 Å². The lowest BCUT2D eigenvalue weighted by Gasteiger charge is -2.24. The van der Waals surface area contributed by atoms with Crippen LogP contribution in [-0.4, -0.2) is 12.6 Å². The van der Waals surface area contributed by atoms with Gasteiger partial charge in [0, 0.05) is 6.04 Å². The summed E-state index contributed by atoms with van der Waals surface area (Å²) in [5, 5.41) is 0. The number of rotatable bonds is 7. The molecule has 0 radical (unpaired) electrons. The summed E-state index contributed by atoms with van der Waals surface area (Å²) in [5.74, 6) is 1.64. The highest BCUT2D eigenvalue weighted by molar-refractivity contribution is 5.49. The second-order valence-corrected chi connectivity index (χ2v) is 5.95. The Morgan fingerprint density at radius 2 is 1.75 bits per heavy atom. The van der Waals surface area contributed by atoms with E-state index in [1.165, 1.54) is 35.1 Å². The first-order chi connectivity index (χ1) is 9.42. The fourth-order valence-electron chi connectivity index (χ4n) is 3.02. The van der Waals surface area contributed by atoms with Crippen LogP contribution in [0.25, 0.3) is 0 Å². The van der Waals surface area contributed by atoms with E-state index in [0.29, 0.717) is 5.92 Å². The zero-order valence-corrected chi connectivity index (χ0v) is 14.0. The zero-order chi connectivity index (χ0) is 15.3. The largest absolute Gasteiger partial charge is 0.494 e. The molecule has 1 rings (SSSR count). The normalized spacial score (nSPS) is 14.2. The van der Waals surface area contributed by atoms with Crippen molar-refractivity contribution in [2.75, 3.05) is 6.61 Å². The topological polar surface area (TPSA) is 35.2 Å². The first kappa shape index (κ1) is 17.0. The lowest BCUT2D eigenvalue weighted by atomic mass is 9.83. The predicted octanol–water partition coefficient (Wildman–Crippen LogP) is 4.63. The lowest BCUT2D eigenvalue weighted by Crippen LogP contribution is -2.16. The maximum Gasteiger partial charge on any atom is 0.122 e. The molecule has 1 aromatic carbocycles. The molecular formula is C18H31NO. The molecule has 0 heterocycles. The summed E-state index contributed by atoms with van der Waals surface area (Å²) in [5.41, 5.74) is 11.5. The molecule has 0 aromatic heterocycles. The van der Waals surface area contributed by atoms with Gasteiger partial charge in [-0.25, -0.2) is 0 Å². The van der Waals surface area contributed by atoms with Gasteiger partial charge in [0.15, 0.2) is 0 Å².